The zero-order chi connectivity index (χ0) is 15.2. The molecule has 1 unspecified atom stereocenters. The maximum atomic E-state index is 5.73. The molecule has 0 aliphatic heterocycles. The molecule has 0 radical (unpaired) electrons. The molecule has 0 aliphatic rings. The van der Waals surface area contributed by atoms with Crippen molar-refractivity contribution in [2.75, 3.05) is 6.54 Å². The third-order valence-corrected chi connectivity index (χ3v) is 3.58. The summed E-state index contributed by atoms with van der Waals surface area (Å²) in [5.41, 5.74) is 1.98. The van der Waals surface area contributed by atoms with Crippen molar-refractivity contribution in [3.63, 3.8) is 0 Å². The van der Waals surface area contributed by atoms with Gasteiger partial charge in [0.2, 0.25) is 0 Å². The van der Waals surface area contributed by atoms with Crippen molar-refractivity contribution in [2.24, 2.45) is 0 Å². The van der Waals surface area contributed by atoms with Crippen LogP contribution in [0.5, 0.6) is 5.75 Å². The molecule has 0 saturated carbocycles. The number of nitrogens with zero attached hydrogens (tertiary/aromatic N) is 2. The molecule has 1 atom stereocenters. The van der Waals surface area contributed by atoms with Crippen molar-refractivity contribution in [3.8, 4) is 5.75 Å². The zero-order valence-electron chi connectivity index (χ0n) is 12.5. The normalized spacial score (nSPS) is 12.4. The Kier molecular flexibility index (Phi) is 5.70. The largest absolute Gasteiger partial charge is 0.489 e. The molecule has 112 valence electrons. The van der Waals surface area contributed by atoms with Crippen LogP contribution in [0.4, 0.5) is 0 Å². The third kappa shape index (κ3) is 4.25. The fraction of sp³-hybridized carbons (Fsp3) is 0.375. The smallest absolute Gasteiger partial charge is 0.138 e. The van der Waals surface area contributed by atoms with E-state index in [2.05, 4.69) is 38.1 Å². The van der Waals surface area contributed by atoms with Crippen LogP contribution in [0.15, 0.2) is 41.3 Å². The van der Waals surface area contributed by atoms with E-state index < -0.39 is 0 Å². The van der Waals surface area contributed by atoms with E-state index in [0.29, 0.717) is 0 Å². The molecule has 4 nitrogen and oxygen atoms in total. The van der Waals surface area contributed by atoms with Crippen LogP contribution in [0, 0.1) is 0 Å². The van der Waals surface area contributed by atoms with Crippen molar-refractivity contribution >= 4 is 15.9 Å². The van der Waals surface area contributed by atoms with Crippen molar-refractivity contribution in [1.29, 1.82) is 0 Å². The second-order valence-corrected chi connectivity index (χ2v) is 5.84. The monoisotopic (exact) mass is 349 g/mol. The van der Waals surface area contributed by atoms with Crippen molar-refractivity contribution in [1.82, 2.24) is 15.3 Å². The van der Waals surface area contributed by atoms with Crippen LogP contribution in [0.25, 0.3) is 0 Å². The minimum atomic E-state index is -0.0196. The summed E-state index contributed by atoms with van der Waals surface area (Å²) in [4.78, 5) is 8.77. The molecule has 0 bridgehead atoms. The standard InChI is InChI=1S/C16H20BrN3O/c1-4-19-15(16-14(17)6-5-7-20-16)12-8-13(10-18-9-12)21-11(2)3/h5-11,15,19H,4H2,1-3H3. The Morgan fingerprint density at radius 1 is 1.33 bits per heavy atom. The van der Waals surface area contributed by atoms with E-state index in [1.807, 2.05) is 38.2 Å². The molecule has 21 heavy (non-hydrogen) atoms. The number of rotatable bonds is 6. The second-order valence-electron chi connectivity index (χ2n) is 4.98. The van der Waals surface area contributed by atoms with Crippen LogP contribution in [-0.2, 0) is 0 Å². The lowest BCUT2D eigenvalue weighted by Crippen LogP contribution is -2.23. The molecule has 2 aromatic rings. The van der Waals surface area contributed by atoms with Gasteiger partial charge >= 0.3 is 0 Å². The number of nitrogens with one attached hydrogen (secondary N) is 1. The van der Waals surface area contributed by atoms with Gasteiger partial charge in [0.25, 0.3) is 0 Å². The van der Waals surface area contributed by atoms with E-state index in [1.165, 1.54) is 0 Å². The Balaban J connectivity index is 2.36. The number of hydrogen-bond donors (Lipinski definition) is 1. The maximum Gasteiger partial charge on any atom is 0.138 e. The van der Waals surface area contributed by atoms with E-state index in [-0.39, 0.29) is 12.1 Å². The molecule has 5 heteroatoms. The van der Waals surface area contributed by atoms with Gasteiger partial charge in [-0.05, 0) is 60.1 Å². The predicted molar refractivity (Wildman–Crippen MR) is 87.5 cm³/mol. The molecule has 0 spiro atoms. The fourth-order valence-electron chi connectivity index (χ4n) is 2.12. The van der Waals surface area contributed by atoms with E-state index >= 15 is 0 Å². The minimum Gasteiger partial charge on any atom is -0.489 e. The molecule has 2 rings (SSSR count). The topological polar surface area (TPSA) is 47.0 Å². The minimum absolute atomic E-state index is 0.0196. The first-order chi connectivity index (χ1) is 10.1. The Bertz CT molecular complexity index is 589. The summed E-state index contributed by atoms with van der Waals surface area (Å²) >= 11 is 3.57. The Hall–Kier alpha value is -1.46. The zero-order valence-corrected chi connectivity index (χ0v) is 14.1. The van der Waals surface area contributed by atoms with Crippen LogP contribution >= 0.6 is 15.9 Å². The van der Waals surface area contributed by atoms with Gasteiger partial charge in [0.15, 0.2) is 0 Å². The highest BCUT2D eigenvalue weighted by Crippen LogP contribution is 2.28. The molecular weight excluding hydrogens is 330 g/mol. The molecule has 0 aromatic carbocycles. The summed E-state index contributed by atoms with van der Waals surface area (Å²) in [7, 11) is 0. The van der Waals surface area contributed by atoms with Crippen LogP contribution in [-0.4, -0.2) is 22.6 Å². The summed E-state index contributed by atoms with van der Waals surface area (Å²) in [5.74, 6) is 0.775. The van der Waals surface area contributed by atoms with Crippen LogP contribution in [0.1, 0.15) is 38.1 Å². The molecule has 2 heterocycles. The van der Waals surface area contributed by atoms with Crippen LogP contribution in [0.3, 0.4) is 0 Å². The van der Waals surface area contributed by atoms with E-state index in [9.17, 15) is 0 Å². The average Bonchev–Trinajstić information content (AvgIpc) is 2.45. The highest BCUT2D eigenvalue weighted by molar-refractivity contribution is 9.10. The predicted octanol–water partition coefficient (Wildman–Crippen LogP) is 3.73. The summed E-state index contributed by atoms with van der Waals surface area (Å²) in [6, 6.07) is 5.90. The van der Waals surface area contributed by atoms with Gasteiger partial charge < -0.3 is 10.1 Å². The molecule has 2 aromatic heterocycles. The number of halogens is 1. The van der Waals surface area contributed by atoms with E-state index in [0.717, 1.165) is 28.0 Å². The molecule has 0 fully saturated rings. The third-order valence-electron chi connectivity index (χ3n) is 2.91. The lowest BCUT2D eigenvalue weighted by molar-refractivity contribution is 0.241. The quantitative estimate of drug-likeness (QED) is 0.863. The average molecular weight is 350 g/mol. The van der Waals surface area contributed by atoms with E-state index in [1.54, 1.807) is 12.4 Å². The highest BCUT2D eigenvalue weighted by atomic mass is 79.9. The fourth-order valence-corrected chi connectivity index (χ4v) is 2.60. The molecule has 0 aliphatic carbocycles. The summed E-state index contributed by atoms with van der Waals surface area (Å²) < 4.78 is 6.70. The lowest BCUT2D eigenvalue weighted by Gasteiger charge is -2.20. The van der Waals surface area contributed by atoms with Gasteiger partial charge in [-0.15, -0.1) is 0 Å². The van der Waals surface area contributed by atoms with Gasteiger partial charge in [0.05, 0.1) is 24.0 Å². The second kappa shape index (κ2) is 7.52. The van der Waals surface area contributed by atoms with Gasteiger partial charge in [0.1, 0.15) is 5.75 Å². The van der Waals surface area contributed by atoms with Crippen molar-refractivity contribution < 1.29 is 4.74 Å². The van der Waals surface area contributed by atoms with Gasteiger partial charge in [-0.2, -0.15) is 0 Å². The van der Waals surface area contributed by atoms with E-state index in [4.69, 9.17) is 4.74 Å². The Labute approximate surface area is 134 Å². The SMILES string of the molecule is CCNC(c1cncc(OC(C)C)c1)c1ncccc1Br. The first-order valence-corrected chi connectivity index (χ1v) is 7.86. The van der Waals surface area contributed by atoms with Crippen molar-refractivity contribution in [3.05, 3.63) is 52.5 Å². The maximum absolute atomic E-state index is 5.73. The van der Waals surface area contributed by atoms with Gasteiger partial charge in [-0.3, -0.25) is 9.97 Å². The number of ether oxygens (including phenoxy) is 1. The van der Waals surface area contributed by atoms with Gasteiger partial charge in [-0.25, -0.2) is 0 Å². The van der Waals surface area contributed by atoms with Crippen LogP contribution in [0.2, 0.25) is 0 Å². The lowest BCUT2D eigenvalue weighted by atomic mass is 10.0. The van der Waals surface area contributed by atoms with Crippen molar-refractivity contribution in [2.45, 2.75) is 32.9 Å². The van der Waals surface area contributed by atoms with Gasteiger partial charge in [0, 0.05) is 16.9 Å². The Morgan fingerprint density at radius 2 is 2.14 bits per heavy atom. The van der Waals surface area contributed by atoms with Crippen LogP contribution < -0.4 is 10.1 Å². The summed E-state index contributed by atoms with van der Waals surface area (Å²) in [6.07, 6.45) is 5.51. The van der Waals surface area contributed by atoms with Gasteiger partial charge in [-0.1, -0.05) is 6.92 Å². The first kappa shape index (κ1) is 15.9. The number of hydrogen-bond acceptors (Lipinski definition) is 4. The number of pyridine rings is 2. The summed E-state index contributed by atoms with van der Waals surface area (Å²) in [6.45, 7) is 6.92. The molecule has 0 amide bonds. The summed E-state index contributed by atoms with van der Waals surface area (Å²) in [5, 5.41) is 3.45. The Morgan fingerprint density at radius 3 is 2.81 bits per heavy atom. The molecule has 1 N–H and O–H groups in total. The number of aromatic nitrogens is 2. The first-order valence-electron chi connectivity index (χ1n) is 7.07. The highest BCUT2D eigenvalue weighted by Gasteiger charge is 2.18. The molecular formula is C16H20BrN3O. The molecule has 0 saturated heterocycles.